The second-order valence-electron chi connectivity index (χ2n) is 2.73. The predicted molar refractivity (Wildman–Crippen MR) is 63.8 cm³/mol. The lowest BCUT2D eigenvalue weighted by Gasteiger charge is -2.05. The molecule has 0 bridgehead atoms. The summed E-state index contributed by atoms with van der Waals surface area (Å²) in [5.74, 6) is 0. The quantitative estimate of drug-likeness (QED) is 0.821. The van der Waals surface area contributed by atoms with Crippen molar-refractivity contribution in [2.24, 2.45) is 0 Å². The fourth-order valence-electron chi connectivity index (χ4n) is 0.824. The summed E-state index contributed by atoms with van der Waals surface area (Å²) in [5, 5.41) is 0.149. The summed E-state index contributed by atoms with van der Waals surface area (Å²) in [5.41, 5.74) is 1.15. The topological polar surface area (TPSA) is 59.1 Å². The van der Waals surface area contributed by atoms with Crippen LogP contribution in [0.3, 0.4) is 0 Å². The largest absolute Gasteiger partial charge is 0.281 e. The Balaban J connectivity index is 0.000000921. The first-order chi connectivity index (χ1) is 6.88. The van der Waals surface area contributed by atoms with E-state index in [-0.39, 0.29) is 5.15 Å². The van der Waals surface area contributed by atoms with Crippen LogP contribution in [0.2, 0.25) is 5.15 Å². The second kappa shape index (κ2) is 5.92. The minimum atomic E-state index is -3.29. The Hall–Kier alpha value is -0.810. The summed E-state index contributed by atoms with van der Waals surface area (Å²) in [6.45, 7) is 5.80. The Kier molecular flexibility index (Phi) is 5.60. The van der Waals surface area contributed by atoms with Gasteiger partial charge in [0.15, 0.2) is 5.15 Å². The molecule has 1 N–H and O–H groups in total. The summed E-state index contributed by atoms with van der Waals surface area (Å²) in [6, 6.07) is 1.62. The molecule has 4 nitrogen and oxygen atoms in total. The molecular formula is C9H15ClN2O2S. The SMILES string of the molecule is CC.Cc1cnc(Cl)c(NS(C)(=O)=O)c1. The highest BCUT2D eigenvalue weighted by Gasteiger charge is 2.06. The van der Waals surface area contributed by atoms with Crippen molar-refractivity contribution in [3.8, 4) is 0 Å². The van der Waals surface area contributed by atoms with Crippen LogP contribution in [0.1, 0.15) is 19.4 Å². The summed E-state index contributed by atoms with van der Waals surface area (Å²) >= 11 is 5.66. The summed E-state index contributed by atoms with van der Waals surface area (Å²) in [4.78, 5) is 3.80. The monoisotopic (exact) mass is 250 g/mol. The third-order valence-corrected chi connectivity index (χ3v) is 2.16. The summed E-state index contributed by atoms with van der Waals surface area (Å²) in [7, 11) is -3.29. The van der Waals surface area contributed by atoms with Crippen molar-refractivity contribution in [3.05, 3.63) is 23.0 Å². The lowest BCUT2D eigenvalue weighted by atomic mass is 10.3. The molecule has 0 atom stereocenters. The van der Waals surface area contributed by atoms with E-state index in [0.717, 1.165) is 11.8 Å². The highest BCUT2D eigenvalue weighted by Crippen LogP contribution is 2.20. The number of hydrogen-bond acceptors (Lipinski definition) is 3. The van der Waals surface area contributed by atoms with Crippen molar-refractivity contribution in [2.75, 3.05) is 11.0 Å². The molecule has 1 aromatic rings. The van der Waals surface area contributed by atoms with Gasteiger partial charge in [0.25, 0.3) is 0 Å². The third kappa shape index (κ3) is 5.59. The smallest absolute Gasteiger partial charge is 0.229 e. The van der Waals surface area contributed by atoms with Gasteiger partial charge in [0.05, 0.1) is 11.9 Å². The molecule has 0 saturated carbocycles. The second-order valence-corrected chi connectivity index (χ2v) is 4.83. The van der Waals surface area contributed by atoms with Crippen LogP contribution in [0.4, 0.5) is 5.69 Å². The van der Waals surface area contributed by atoms with E-state index in [4.69, 9.17) is 11.6 Å². The van der Waals surface area contributed by atoms with Gasteiger partial charge < -0.3 is 0 Å². The minimum absolute atomic E-state index is 0.149. The van der Waals surface area contributed by atoms with Crippen LogP contribution < -0.4 is 4.72 Å². The molecule has 0 saturated heterocycles. The van der Waals surface area contributed by atoms with Gasteiger partial charge in [-0.25, -0.2) is 13.4 Å². The average molecular weight is 251 g/mol. The lowest BCUT2D eigenvalue weighted by molar-refractivity contribution is 0.607. The van der Waals surface area contributed by atoms with Crippen LogP contribution in [0.5, 0.6) is 0 Å². The molecule has 6 heteroatoms. The van der Waals surface area contributed by atoms with E-state index in [1.54, 1.807) is 19.2 Å². The lowest BCUT2D eigenvalue weighted by Crippen LogP contribution is -2.10. The van der Waals surface area contributed by atoms with E-state index >= 15 is 0 Å². The van der Waals surface area contributed by atoms with E-state index in [0.29, 0.717) is 5.69 Å². The molecule has 0 fully saturated rings. The zero-order chi connectivity index (χ0) is 12.1. The van der Waals surface area contributed by atoms with Gasteiger partial charge >= 0.3 is 0 Å². The average Bonchev–Trinajstić information content (AvgIpc) is 2.12. The van der Waals surface area contributed by atoms with Gasteiger partial charge in [-0.05, 0) is 18.6 Å². The van der Waals surface area contributed by atoms with Gasteiger partial charge in [-0.3, -0.25) is 4.72 Å². The predicted octanol–water partition coefficient (Wildman–Crippen LogP) is 2.44. The molecule has 0 aliphatic rings. The van der Waals surface area contributed by atoms with Gasteiger partial charge in [0, 0.05) is 6.20 Å². The molecule has 0 radical (unpaired) electrons. The zero-order valence-electron chi connectivity index (χ0n) is 9.20. The molecule has 0 aliphatic carbocycles. The van der Waals surface area contributed by atoms with E-state index in [9.17, 15) is 8.42 Å². The number of anilines is 1. The number of rotatable bonds is 2. The molecular weight excluding hydrogens is 236 g/mol. The van der Waals surface area contributed by atoms with E-state index < -0.39 is 10.0 Å². The molecule has 1 aromatic heterocycles. The van der Waals surface area contributed by atoms with Crippen molar-refractivity contribution < 1.29 is 8.42 Å². The first-order valence-corrected chi connectivity index (χ1v) is 6.75. The van der Waals surface area contributed by atoms with Gasteiger partial charge in [0.2, 0.25) is 10.0 Å². The van der Waals surface area contributed by atoms with E-state index in [1.165, 1.54) is 0 Å². The van der Waals surface area contributed by atoms with Crippen molar-refractivity contribution >= 4 is 27.3 Å². The van der Waals surface area contributed by atoms with Crippen LogP contribution in [0.15, 0.2) is 12.3 Å². The van der Waals surface area contributed by atoms with Crippen molar-refractivity contribution in [1.82, 2.24) is 4.98 Å². The standard InChI is InChI=1S/C7H9ClN2O2S.C2H6/c1-5-3-6(7(8)9-4-5)10-13(2,11)12;1-2/h3-4,10H,1-2H3;1-2H3. The fraction of sp³-hybridized carbons (Fsp3) is 0.444. The number of sulfonamides is 1. The number of nitrogens with zero attached hydrogens (tertiary/aromatic N) is 1. The van der Waals surface area contributed by atoms with Gasteiger partial charge in [0.1, 0.15) is 0 Å². The third-order valence-electron chi connectivity index (χ3n) is 1.27. The molecule has 0 aliphatic heterocycles. The number of aryl methyl sites for hydroxylation is 1. The van der Waals surface area contributed by atoms with Crippen LogP contribution in [-0.4, -0.2) is 19.7 Å². The van der Waals surface area contributed by atoms with Crippen molar-refractivity contribution in [1.29, 1.82) is 0 Å². The molecule has 1 heterocycles. The Bertz CT molecular complexity index is 418. The van der Waals surface area contributed by atoms with Gasteiger partial charge in [-0.2, -0.15) is 0 Å². The van der Waals surface area contributed by atoms with Crippen LogP contribution in [-0.2, 0) is 10.0 Å². The first kappa shape index (κ1) is 14.2. The maximum atomic E-state index is 10.9. The Morgan fingerprint density at radius 3 is 2.40 bits per heavy atom. The first-order valence-electron chi connectivity index (χ1n) is 4.48. The molecule has 0 amide bonds. The van der Waals surface area contributed by atoms with E-state index in [2.05, 4.69) is 9.71 Å². The zero-order valence-corrected chi connectivity index (χ0v) is 10.8. The summed E-state index contributed by atoms with van der Waals surface area (Å²) in [6.07, 6.45) is 2.63. The Labute approximate surface area is 95.7 Å². The number of aromatic nitrogens is 1. The number of nitrogens with one attached hydrogen (secondary N) is 1. The molecule has 15 heavy (non-hydrogen) atoms. The molecule has 1 rings (SSSR count). The van der Waals surface area contributed by atoms with Crippen LogP contribution in [0, 0.1) is 6.92 Å². The minimum Gasteiger partial charge on any atom is -0.281 e. The fourth-order valence-corrected chi connectivity index (χ4v) is 1.59. The number of pyridine rings is 1. The molecule has 0 aromatic carbocycles. The normalized spacial score (nSPS) is 10.2. The van der Waals surface area contributed by atoms with Crippen molar-refractivity contribution in [2.45, 2.75) is 20.8 Å². The number of halogens is 1. The van der Waals surface area contributed by atoms with Crippen molar-refractivity contribution in [3.63, 3.8) is 0 Å². The number of hydrogen-bond donors (Lipinski definition) is 1. The molecule has 0 unspecified atom stereocenters. The maximum absolute atomic E-state index is 10.9. The summed E-state index contributed by atoms with van der Waals surface area (Å²) < 4.78 is 24.0. The van der Waals surface area contributed by atoms with E-state index in [1.807, 2.05) is 13.8 Å². The Morgan fingerprint density at radius 1 is 1.40 bits per heavy atom. The molecule has 0 spiro atoms. The maximum Gasteiger partial charge on any atom is 0.229 e. The van der Waals surface area contributed by atoms with Gasteiger partial charge in [-0.1, -0.05) is 25.4 Å². The highest BCUT2D eigenvalue weighted by molar-refractivity contribution is 7.92. The molecule has 86 valence electrons. The van der Waals surface area contributed by atoms with Crippen LogP contribution in [0.25, 0.3) is 0 Å². The highest BCUT2D eigenvalue weighted by atomic mass is 35.5. The Morgan fingerprint density at radius 2 is 1.93 bits per heavy atom. The van der Waals surface area contributed by atoms with Gasteiger partial charge in [-0.15, -0.1) is 0 Å². The van der Waals surface area contributed by atoms with Crippen LogP contribution >= 0.6 is 11.6 Å².